The van der Waals surface area contributed by atoms with Crippen LogP contribution in [0.3, 0.4) is 0 Å². The monoisotopic (exact) mass is 286 g/mol. The molecule has 0 spiro atoms. The van der Waals surface area contributed by atoms with Crippen molar-refractivity contribution < 1.29 is 0 Å². The fourth-order valence-electron chi connectivity index (χ4n) is 1.72. The molecule has 1 aromatic rings. The maximum atomic E-state index is 4.41. The number of halogens is 1. The second kappa shape index (κ2) is 5.87. The summed E-state index contributed by atoms with van der Waals surface area (Å²) < 4.78 is 0.920. The summed E-state index contributed by atoms with van der Waals surface area (Å²) in [6.07, 6.45) is 4.00. The summed E-state index contributed by atoms with van der Waals surface area (Å²) in [4.78, 5) is 4.41. The van der Waals surface area contributed by atoms with Crippen LogP contribution in [0.2, 0.25) is 0 Å². The average Bonchev–Trinajstić information content (AvgIpc) is 2.28. The number of hydrogen-bond acceptors (Lipinski definition) is 3. The van der Waals surface area contributed by atoms with Crippen molar-refractivity contribution in [3.8, 4) is 0 Å². The van der Waals surface area contributed by atoms with Gasteiger partial charge in [-0.3, -0.25) is 0 Å². The molecule has 0 bridgehead atoms. The smallest absolute Gasteiger partial charge is 0.107 e. The summed E-state index contributed by atoms with van der Waals surface area (Å²) in [5, 5.41) is 4.65. The molecule has 0 radical (unpaired) electrons. The number of pyridine rings is 1. The van der Waals surface area contributed by atoms with E-state index < -0.39 is 0 Å². The van der Waals surface area contributed by atoms with Gasteiger partial charge < -0.3 is 5.32 Å². The maximum Gasteiger partial charge on any atom is 0.107 e. The zero-order valence-electron chi connectivity index (χ0n) is 8.58. The van der Waals surface area contributed by atoms with Crippen molar-refractivity contribution in [2.24, 2.45) is 0 Å². The van der Waals surface area contributed by atoms with Gasteiger partial charge in [0.25, 0.3) is 0 Å². The van der Waals surface area contributed by atoms with Crippen LogP contribution in [-0.2, 0) is 0 Å². The van der Waals surface area contributed by atoms with Crippen molar-refractivity contribution in [3.05, 3.63) is 22.8 Å². The van der Waals surface area contributed by atoms with Crippen LogP contribution < -0.4 is 5.32 Å². The Labute approximate surface area is 103 Å². The molecule has 82 valence electrons. The molecule has 2 rings (SSSR count). The Morgan fingerprint density at radius 1 is 1.47 bits per heavy atom. The second-order valence-electron chi connectivity index (χ2n) is 3.76. The molecule has 2 heterocycles. The van der Waals surface area contributed by atoms with E-state index in [9.17, 15) is 0 Å². The first kappa shape index (κ1) is 11.4. The van der Waals surface area contributed by atoms with Crippen molar-refractivity contribution >= 4 is 27.7 Å². The van der Waals surface area contributed by atoms with Crippen LogP contribution >= 0.6 is 27.7 Å². The third-order valence-corrected chi connectivity index (χ3v) is 4.07. The van der Waals surface area contributed by atoms with E-state index >= 15 is 0 Å². The number of hydrogen-bond donors (Lipinski definition) is 1. The van der Waals surface area contributed by atoms with Crippen LogP contribution in [0.25, 0.3) is 0 Å². The van der Waals surface area contributed by atoms with Gasteiger partial charge in [-0.2, -0.15) is 0 Å². The number of aromatic nitrogens is 1. The highest BCUT2D eigenvalue weighted by Gasteiger charge is 2.12. The van der Waals surface area contributed by atoms with Gasteiger partial charge in [0, 0.05) is 11.8 Å². The fraction of sp³-hybridized carbons (Fsp3) is 0.545. The summed E-state index contributed by atoms with van der Waals surface area (Å²) in [5.74, 6) is 1.13. The van der Waals surface area contributed by atoms with Gasteiger partial charge >= 0.3 is 0 Å². The van der Waals surface area contributed by atoms with E-state index in [1.807, 2.05) is 23.9 Å². The molecule has 0 aromatic carbocycles. The number of rotatable bonds is 3. The molecule has 15 heavy (non-hydrogen) atoms. The van der Waals surface area contributed by atoms with Gasteiger partial charge in [-0.05, 0) is 47.4 Å². The summed E-state index contributed by atoms with van der Waals surface area (Å²) in [5.41, 5.74) is 0. The molecule has 0 saturated carbocycles. The minimum atomic E-state index is 0.671. The number of thioether (sulfide) groups is 1. The molecular formula is C11H15BrN2S. The van der Waals surface area contributed by atoms with Crippen molar-refractivity contribution in [3.63, 3.8) is 0 Å². The van der Waals surface area contributed by atoms with Crippen molar-refractivity contribution in [1.29, 1.82) is 0 Å². The lowest BCUT2D eigenvalue weighted by molar-refractivity contribution is 0.430. The number of piperidine rings is 1. The molecule has 4 heteroatoms. The lowest BCUT2D eigenvalue weighted by Crippen LogP contribution is -2.35. The van der Waals surface area contributed by atoms with E-state index in [0.717, 1.165) is 15.4 Å². The molecule has 1 aliphatic heterocycles. The number of nitrogens with zero attached hydrogens (tertiary/aromatic N) is 1. The van der Waals surface area contributed by atoms with E-state index in [2.05, 4.69) is 32.3 Å². The SMILES string of the molecule is Brc1cccc(SC[C@H]2CCCCN2)n1. The van der Waals surface area contributed by atoms with E-state index in [-0.39, 0.29) is 0 Å². The van der Waals surface area contributed by atoms with Crippen LogP contribution in [0.15, 0.2) is 27.8 Å². The molecule has 0 aliphatic carbocycles. The highest BCUT2D eigenvalue weighted by atomic mass is 79.9. The van der Waals surface area contributed by atoms with Gasteiger partial charge in [0.05, 0.1) is 5.03 Å². The van der Waals surface area contributed by atoms with E-state index in [4.69, 9.17) is 0 Å². The van der Waals surface area contributed by atoms with Crippen molar-refractivity contribution in [2.45, 2.75) is 30.3 Å². The van der Waals surface area contributed by atoms with Crippen LogP contribution in [0.4, 0.5) is 0 Å². The van der Waals surface area contributed by atoms with Gasteiger partial charge in [-0.25, -0.2) is 4.98 Å². The molecule has 2 nitrogen and oxygen atoms in total. The fourth-order valence-corrected chi connectivity index (χ4v) is 3.18. The van der Waals surface area contributed by atoms with E-state index in [0.29, 0.717) is 6.04 Å². The zero-order valence-corrected chi connectivity index (χ0v) is 11.0. The van der Waals surface area contributed by atoms with E-state index in [1.165, 1.54) is 25.8 Å². The molecule has 1 fully saturated rings. The van der Waals surface area contributed by atoms with Crippen LogP contribution in [0.1, 0.15) is 19.3 Å². The molecule has 1 saturated heterocycles. The highest BCUT2D eigenvalue weighted by Crippen LogP contribution is 2.20. The molecule has 0 amide bonds. The largest absolute Gasteiger partial charge is 0.313 e. The van der Waals surface area contributed by atoms with Crippen molar-refractivity contribution in [2.75, 3.05) is 12.3 Å². The van der Waals surface area contributed by atoms with Crippen molar-refractivity contribution in [1.82, 2.24) is 10.3 Å². The maximum absolute atomic E-state index is 4.41. The van der Waals surface area contributed by atoms with Gasteiger partial charge in [-0.1, -0.05) is 12.5 Å². The highest BCUT2D eigenvalue weighted by molar-refractivity contribution is 9.10. The van der Waals surface area contributed by atoms with E-state index in [1.54, 1.807) is 0 Å². The second-order valence-corrected chi connectivity index (χ2v) is 5.61. The Morgan fingerprint density at radius 3 is 3.13 bits per heavy atom. The Hall–Kier alpha value is -0.0600. The summed E-state index contributed by atoms with van der Waals surface area (Å²) in [6.45, 7) is 1.18. The lowest BCUT2D eigenvalue weighted by Gasteiger charge is -2.22. The first-order valence-corrected chi connectivity index (χ1v) is 7.11. The third kappa shape index (κ3) is 3.78. The molecular weight excluding hydrogens is 272 g/mol. The summed E-state index contributed by atoms with van der Waals surface area (Å²) in [7, 11) is 0. The van der Waals surface area contributed by atoms with Crippen LogP contribution in [0, 0.1) is 0 Å². The normalized spacial score (nSPS) is 21.5. The first-order chi connectivity index (χ1) is 7.34. The predicted octanol–water partition coefficient (Wildman–Crippen LogP) is 3.08. The zero-order chi connectivity index (χ0) is 10.5. The van der Waals surface area contributed by atoms with Crippen LogP contribution in [0.5, 0.6) is 0 Å². The Kier molecular flexibility index (Phi) is 4.47. The van der Waals surface area contributed by atoms with Gasteiger partial charge in [0.15, 0.2) is 0 Å². The summed E-state index contributed by atoms with van der Waals surface area (Å²) >= 11 is 5.23. The Bertz CT molecular complexity index is 313. The standard InChI is InChI=1S/C11H15BrN2S/c12-10-5-3-6-11(14-10)15-8-9-4-1-2-7-13-9/h3,5-6,9,13H,1-2,4,7-8H2/t9-/m1/s1. The minimum Gasteiger partial charge on any atom is -0.313 e. The quantitative estimate of drug-likeness (QED) is 0.683. The van der Waals surface area contributed by atoms with Gasteiger partial charge in [0.2, 0.25) is 0 Å². The Morgan fingerprint density at radius 2 is 2.40 bits per heavy atom. The van der Waals surface area contributed by atoms with Gasteiger partial charge in [-0.15, -0.1) is 11.8 Å². The predicted molar refractivity (Wildman–Crippen MR) is 68.3 cm³/mol. The molecule has 1 aliphatic rings. The minimum absolute atomic E-state index is 0.671. The van der Waals surface area contributed by atoms with Gasteiger partial charge in [0.1, 0.15) is 4.60 Å². The first-order valence-electron chi connectivity index (χ1n) is 5.33. The topological polar surface area (TPSA) is 24.9 Å². The lowest BCUT2D eigenvalue weighted by atomic mass is 10.1. The molecule has 0 unspecified atom stereocenters. The molecule has 1 aromatic heterocycles. The molecule has 1 atom stereocenters. The summed E-state index contributed by atoms with van der Waals surface area (Å²) in [6, 6.07) is 6.74. The average molecular weight is 287 g/mol. The number of nitrogens with one attached hydrogen (secondary N) is 1. The molecule has 1 N–H and O–H groups in total. The Balaban J connectivity index is 1.81. The van der Waals surface area contributed by atoms with Crippen LogP contribution in [-0.4, -0.2) is 23.3 Å². The third-order valence-electron chi connectivity index (χ3n) is 2.53.